The van der Waals surface area contributed by atoms with Crippen LogP contribution >= 0.6 is 0 Å². The first-order valence-electron chi connectivity index (χ1n) is 10.2. The first-order valence-corrected chi connectivity index (χ1v) is 10.2. The number of benzene rings is 2. The molecule has 0 saturated heterocycles. The number of hydrogen-bond donors (Lipinski definition) is 5. The van der Waals surface area contributed by atoms with Crippen LogP contribution in [0.2, 0.25) is 0 Å². The molecule has 8 heteroatoms. The second-order valence-corrected chi connectivity index (χ2v) is 7.65. The third-order valence-corrected chi connectivity index (χ3v) is 4.78. The van der Waals surface area contributed by atoms with Crippen molar-refractivity contribution in [3.63, 3.8) is 0 Å². The summed E-state index contributed by atoms with van der Waals surface area (Å²) >= 11 is 0. The lowest BCUT2D eigenvalue weighted by Crippen LogP contribution is -2.42. The molecule has 0 heterocycles. The van der Waals surface area contributed by atoms with Gasteiger partial charge in [-0.1, -0.05) is 11.8 Å². The number of rotatable bonds is 8. The highest BCUT2D eigenvalue weighted by Crippen LogP contribution is 2.22. The van der Waals surface area contributed by atoms with Crippen LogP contribution in [-0.2, 0) is 9.59 Å². The number of hydrogen-bond acceptors (Lipinski definition) is 5. The van der Waals surface area contributed by atoms with E-state index in [-0.39, 0.29) is 24.2 Å². The predicted octanol–water partition coefficient (Wildman–Crippen LogP) is 2.29. The first-order chi connectivity index (χ1) is 15.1. The van der Waals surface area contributed by atoms with E-state index in [4.69, 9.17) is 22.0 Å². The Balaban J connectivity index is 2.08. The van der Waals surface area contributed by atoms with Crippen LogP contribution in [0.3, 0.4) is 0 Å². The Morgan fingerprint density at radius 3 is 2.38 bits per heavy atom. The number of carboxylic acids is 1. The molecule has 168 valence electrons. The van der Waals surface area contributed by atoms with Crippen molar-refractivity contribution in [2.24, 2.45) is 11.5 Å². The van der Waals surface area contributed by atoms with E-state index in [2.05, 4.69) is 17.2 Å². The fraction of sp³-hybridized carbons (Fsp3) is 0.292. The summed E-state index contributed by atoms with van der Waals surface area (Å²) in [6, 6.07) is 11.3. The molecule has 1 atom stereocenters. The van der Waals surface area contributed by atoms with E-state index in [1.165, 1.54) is 0 Å². The minimum Gasteiger partial charge on any atom is -0.480 e. The summed E-state index contributed by atoms with van der Waals surface area (Å²) in [4.78, 5) is 25.2. The molecule has 7 N–H and O–H groups in total. The molecule has 2 aromatic rings. The quantitative estimate of drug-likeness (QED) is 0.244. The van der Waals surface area contributed by atoms with Crippen LogP contribution in [0.5, 0.6) is 0 Å². The summed E-state index contributed by atoms with van der Waals surface area (Å²) in [5, 5.41) is 19.6. The number of aliphatic carboxylic acids is 1. The lowest BCUT2D eigenvalue weighted by molar-refractivity contribution is -0.140. The van der Waals surface area contributed by atoms with Crippen molar-refractivity contribution in [1.29, 1.82) is 5.41 Å². The molecular formula is C24H29N5O3. The van der Waals surface area contributed by atoms with Gasteiger partial charge in [-0.3, -0.25) is 15.0 Å². The number of nitrogens with one attached hydrogen (secondary N) is 2. The number of anilines is 2. The average molecular weight is 436 g/mol. The Hall–Kier alpha value is -3.83. The van der Waals surface area contributed by atoms with Gasteiger partial charge in [-0.25, -0.2) is 0 Å². The summed E-state index contributed by atoms with van der Waals surface area (Å²) in [5.74, 6) is 4.67. The smallest absolute Gasteiger partial charge is 0.321 e. The number of amides is 1. The van der Waals surface area contributed by atoms with Gasteiger partial charge >= 0.3 is 5.97 Å². The summed E-state index contributed by atoms with van der Waals surface area (Å²) < 4.78 is 0. The Morgan fingerprint density at radius 1 is 1.19 bits per heavy atom. The summed E-state index contributed by atoms with van der Waals surface area (Å²) in [6.07, 6.45) is -0.271. The van der Waals surface area contributed by atoms with E-state index < -0.39 is 12.0 Å². The Labute approximate surface area is 188 Å². The normalized spacial score (nSPS) is 11.3. The van der Waals surface area contributed by atoms with Crippen LogP contribution < -0.4 is 21.7 Å². The van der Waals surface area contributed by atoms with Crippen LogP contribution in [0, 0.1) is 24.2 Å². The van der Waals surface area contributed by atoms with Crippen LogP contribution in [0.25, 0.3) is 0 Å². The van der Waals surface area contributed by atoms with E-state index in [0.717, 1.165) is 16.8 Å². The number of amidine groups is 1. The zero-order chi connectivity index (χ0) is 23.8. The minimum absolute atomic E-state index is 0.0257. The maximum absolute atomic E-state index is 12.6. The molecular weight excluding hydrogens is 406 g/mol. The molecule has 0 aliphatic heterocycles. The molecule has 0 fully saturated rings. The van der Waals surface area contributed by atoms with Gasteiger partial charge in [0.1, 0.15) is 11.9 Å². The van der Waals surface area contributed by atoms with E-state index in [0.29, 0.717) is 17.8 Å². The number of nitrogens with zero attached hydrogens (tertiary/aromatic N) is 1. The molecule has 1 unspecified atom stereocenters. The van der Waals surface area contributed by atoms with Crippen molar-refractivity contribution in [2.45, 2.75) is 39.3 Å². The zero-order valence-electron chi connectivity index (χ0n) is 18.5. The lowest BCUT2D eigenvalue weighted by atomic mass is 10.1. The summed E-state index contributed by atoms with van der Waals surface area (Å²) in [6.45, 7) is 6.07. The van der Waals surface area contributed by atoms with Crippen molar-refractivity contribution in [3.8, 4) is 11.8 Å². The summed E-state index contributed by atoms with van der Waals surface area (Å²) in [5.41, 5.74) is 14.9. The monoisotopic (exact) mass is 435 g/mol. The average Bonchev–Trinajstić information content (AvgIpc) is 2.72. The second-order valence-electron chi connectivity index (χ2n) is 7.65. The number of nitrogens with two attached hydrogens (primary N) is 2. The topological polar surface area (TPSA) is 146 Å². The SMILES string of the molecule is Cc1cc(N(C(=O)CC(N)C(=O)O)C(C)C)ccc1C#CCNc1ccc(C(=N)N)cc1. The largest absolute Gasteiger partial charge is 0.480 e. The minimum atomic E-state index is -1.24. The van der Waals surface area contributed by atoms with Crippen LogP contribution in [0.15, 0.2) is 42.5 Å². The molecule has 2 rings (SSSR count). The molecule has 32 heavy (non-hydrogen) atoms. The molecule has 0 radical (unpaired) electrons. The molecule has 1 amide bonds. The third kappa shape index (κ3) is 6.59. The summed E-state index contributed by atoms with van der Waals surface area (Å²) in [7, 11) is 0. The third-order valence-electron chi connectivity index (χ3n) is 4.78. The first kappa shape index (κ1) is 24.4. The number of carboxylic acid groups (broad SMARTS) is 1. The molecule has 0 aliphatic rings. The predicted molar refractivity (Wildman–Crippen MR) is 127 cm³/mol. The molecule has 0 aromatic heterocycles. The van der Waals surface area contributed by atoms with Gasteiger partial charge in [0.25, 0.3) is 0 Å². The molecule has 8 nitrogen and oxygen atoms in total. The van der Waals surface area contributed by atoms with Crippen molar-refractivity contribution in [1.82, 2.24) is 0 Å². The van der Waals surface area contributed by atoms with Gasteiger partial charge in [0.15, 0.2) is 0 Å². The Kier molecular flexibility index (Phi) is 8.38. The van der Waals surface area contributed by atoms with Crippen LogP contribution in [-0.4, -0.2) is 41.4 Å². The van der Waals surface area contributed by atoms with Crippen LogP contribution in [0.1, 0.15) is 37.0 Å². The fourth-order valence-corrected chi connectivity index (χ4v) is 3.10. The van der Waals surface area contributed by atoms with Crippen molar-refractivity contribution in [3.05, 3.63) is 59.2 Å². The van der Waals surface area contributed by atoms with E-state index in [9.17, 15) is 9.59 Å². The van der Waals surface area contributed by atoms with Gasteiger partial charge in [0.05, 0.1) is 13.0 Å². The molecule has 0 spiro atoms. The number of carbonyl (C=O) groups is 2. The Bertz CT molecular complexity index is 1050. The second kappa shape index (κ2) is 11.0. The molecule has 0 aliphatic carbocycles. The van der Waals surface area contributed by atoms with Gasteiger partial charge < -0.3 is 26.8 Å². The van der Waals surface area contributed by atoms with Gasteiger partial charge in [0.2, 0.25) is 5.91 Å². The van der Waals surface area contributed by atoms with Gasteiger partial charge in [-0.2, -0.15) is 0 Å². The van der Waals surface area contributed by atoms with E-state index in [1.54, 1.807) is 23.1 Å². The number of nitrogen functional groups attached to an aromatic ring is 1. The maximum Gasteiger partial charge on any atom is 0.321 e. The lowest BCUT2D eigenvalue weighted by Gasteiger charge is -2.28. The maximum atomic E-state index is 12.6. The number of aryl methyl sites for hydroxylation is 1. The molecule has 0 bridgehead atoms. The zero-order valence-corrected chi connectivity index (χ0v) is 18.5. The highest BCUT2D eigenvalue weighted by Gasteiger charge is 2.24. The standard InChI is InChI=1S/C24H29N5O3/c1-15(2)29(22(30)14-21(25)24(31)32)20-11-8-17(16(3)13-20)5-4-12-28-19-9-6-18(7-10-19)23(26)27/h6-11,13,15,21,28H,12,14,25H2,1-3H3,(H3,26,27)(H,31,32). The van der Waals surface area contributed by atoms with Crippen LogP contribution in [0.4, 0.5) is 11.4 Å². The molecule has 2 aromatic carbocycles. The highest BCUT2D eigenvalue weighted by atomic mass is 16.4. The molecule has 0 saturated carbocycles. The van der Waals surface area contributed by atoms with Gasteiger partial charge in [-0.05, 0) is 68.8 Å². The number of carbonyl (C=O) groups excluding carboxylic acids is 1. The Morgan fingerprint density at radius 2 is 1.84 bits per heavy atom. The van der Waals surface area contributed by atoms with Crippen molar-refractivity contribution >= 4 is 29.1 Å². The van der Waals surface area contributed by atoms with E-state index in [1.807, 2.05) is 45.0 Å². The van der Waals surface area contributed by atoms with E-state index >= 15 is 0 Å². The van der Waals surface area contributed by atoms with Crippen molar-refractivity contribution < 1.29 is 14.7 Å². The highest BCUT2D eigenvalue weighted by molar-refractivity contribution is 5.97. The van der Waals surface area contributed by atoms with Crippen molar-refractivity contribution in [2.75, 3.05) is 16.8 Å². The van der Waals surface area contributed by atoms with Gasteiger partial charge in [0, 0.05) is 28.5 Å². The van der Waals surface area contributed by atoms with Gasteiger partial charge in [-0.15, -0.1) is 0 Å². The fourth-order valence-electron chi connectivity index (χ4n) is 3.10.